The topological polar surface area (TPSA) is 44.7 Å². The number of rotatable bonds is 3. The maximum Gasteiger partial charge on any atom is 0.165 e. The first kappa shape index (κ1) is 20.5. The van der Waals surface area contributed by atoms with Gasteiger partial charge in [0, 0.05) is 51.0 Å². The summed E-state index contributed by atoms with van der Waals surface area (Å²) in [4.78, 5) is 2.38. The van der Waals surface area contributed by atoms with Crippen LogP contribution in [-0.2, 0) is 4.74 Å². The molecule has 0 radical (unpaired) electrons. The Labute approximate surface area is 149 Å². The van der Waals surface area contributed by atoms with Crippen molar-refractivity contribution in [3.63, 3.8) is 0 Å². The number of nitrogens with zero attached hydrogens (tertiary/aromatic N) is 1. The van der Waals surface area contributed by atoms with Crippen LogP contribution in [0.1, 0.15) is 24.4 Å². The molecule has 2 aliphatic rings. The van der Waals surface area contributed by atoms with Gasteiger partial charge in [-0.05, 0) is 24.8 Å². The van der Waals surface area contributed by atoms with Gasteiger partial charge in [0.05, 0.1) is 0 Å². The largest absolute Gasteiger partial charge is 0.505 e. The van der Waals surface area contributed by atoms with Crippen LogP contribution in [0, 0.1) is 11.7 Å². The van der Waals surface area contributed by atoms with Crippen molar-refractivity contribution >= 4 is 24.8 Å². The summed E-state index contributed by atoms with van der Waals surface area (Å²) in [6, 6.07) is 4.95. The first-order chi connectivity index (χ1) is 10.3. The van der Waals surface area contributed by atoms with E-state index in [1.165, 1.54) is 6.07 Å². The molecule has 23 heavy (non-hydrogen) atoms. The average Bonchev–Trinajstić information content (AvgIpc) is 2.54. The highest BCUT2D eigenvalue weighted by atomic mass is 35.5. The second kappa shape index (κ2) is 9.64. The molecule has 2 saturated heterocycles. The molecular weight excluding hydrogens is 342 g/mol. The molecule has 0 aliphatic carbocycles. The van der Waals surface area contributed by atoms with Crippen LogP contribution in [0.25, 0.3) is 0 Å². The number of benzene rings is 1. The molecular formula is C16H25Cl2FN2O2. The van der Waals surface area contributed by atoms with Crippen LogP contribution in [0.2, 0.25) is 0 Å². The van der Waals surface area contributed by atoms with Crippen LogP contribution >= 0.6 is 24.8 Å². The van der Waals surface area contributed by atoms with Crippen molar-refractivity contribution in [3.8, 4) is 5.75 Å². The van der Waals surface area contributed by atoms with Crippen molar-refractivity contribution in [2.75, 3.05) is 39.4 Å². The van der Waals surface area contributed by atoms with Gasteiger partial charge in [0.25, 0.3) is 0 Å². The smallest absolute Gasteiger partial charge is 0.165 e. The van der Waals surface area contributed by atoms with Gasteiger partial charge in [0.2, 0.25) is 0 Å². The molecule has 0 aromatic heterocycles. The zero-order valence-corrected chi connectivity index (χ0v) is 14.7. The third-order valence-corrected chi connectivity index (χ3v) is 4.59. The number of phenols is 1. The molecule has 1 aromatic rings. The van der Waals surface area contributed by atoms with Crippen molar-refractivity contribution in [2.45, 2.75) is 18.9 Å². The number of hydrogen-bond donors (Lipinski definition) is 2. The predicted molar refractivity (Wildman–Crippen MR) is 93.3 cm³/mol. The maximum atomic E-state index is 13.8. The lowest BCUT2D eigenvalue weighted by Crippen LogP contribution is -2.47. The van der Waals surface area contributed by atoms with Crippen LogP contribution in [0.15, 0.2) is 18.2 Å². The molecule has 1 aromatic carbocycles. The third-order valence-electron chi connectivity index (χ3n) is 4.59. The summed E-state index contributed by atoms with van der Waals surface area (Å²) < 4.78 is 19.2. The highest BCUT2D eigenvalue weighted by Gasteiger charge is 2.33. The maximum absolute atomic E-state index is 13.8. The molecule has 0 saturated carbocycles. The SMILES string of the molecule is Cl.Cl.Oc1c(F)cccc1[C@@H](C1CCOCC1)N1CCNCC1. The number of nitrogens with one attached hydrogen (secondary N) is 1. The molecule has 2 fully saturated rings. The molecule has 4 nitrogen and oxygen atoms in total. The number of para-hydroxylation sites is 1. The summed E-state index contributed by atoms with van der Waals surface area (Å²) in [6.45, 7) is 5.24. The molecule has 3 rings (SSSR count). The molecule has 1 atom stereocenters. The fraction of sp³-hybridized carbons (Fsp3) is 0.625. The molecule has 0 bridgehead atoms. The van der Waals surface area contributed by atoms with Gasteiger partial charge < -0.3 is 15.2 Å². The number of phenolic OH excluding ortho intramolecular Hbond substituents is 1. The highest BCUT2D eigenvalue weighted by Crippen LogP contribution is 2.39. The zero-order chi connectivity index (χ0) is 14.7. The Bertz CT molecular complexity index is 463. The van der Waals surface area contributed by atoms with Gasteiger partial charge in [0.1, 0.15) is 0 Å². The number of ether oxygens (including phenoxy) is 1. The number of piperazine rings is 1. The van der Waals surface area contributed by atoms with Gasteiger partial charge in [-0.25, -0.2) is 4.39 Å². The fourth-order valence-electron chi connectivity index (χ4n) is 3.51. The molecule has 132 valence electrons. The van der Waals surface area contributed by atoms with E-state index in [1.807, 2.05) is 6.07 Å². The molecule has 2 N–H and O–H groups in total. The summed E-state index contributed by atoms with van der Waals surface area (Å²) in [6.07, 6.45) is 1.93. The van der Waals surface area contributed by atoms with Gasteiger partial charge in [-0.1, -0.05) is 12.1 Å². The molecule has 0 spiro atoms. The molecule has 0 unspecified atom stereocenters. The minimum absolute atomic E-state index is 0. The van der Waals surface area contributed by atoms with Gasteiger partial charge in [-0.2, -0.15) is 0 Å². The van der Waals surface area contributed by atoms with E-state index in [4.69, 9.17) is 4.74 Å². The summed E-state index contributed by atoms with van der Waals surface area (Å²) >= 11 is 0. The second-order valence-electron chi connectivity index (χ2n) is 5.86. The van der Waals surface area contributed by atoms with E-state index < -0.39 is 5.82 Å². The van der Waals surface area contributed by atoms with Crippen LogP contribution in [0.5, 0.6) is 5.75 Å². The Morgan fingerprint density at radius 3 is 2.48 bits per heavy atom. The van der Waals surface area contributed by atoms with Crippen LogP contribution < -0.4 is 5.32 Å². The fourth-order valence-corrected chi connectivity index (χ4v) is 3.51. The third kappa shape index (κ3) is 4.70. The molecule has 7 heteroatoms. The van der Waals surface area contributed by atoms with Crippen molar-refractivity contribution < 1.29 is 14.2 Å². The van der Waals surface area contributed by atoms with E-state index in [0.29, 0.717) is 5.92 Å². The van der Waals surface area contributed by atoms with E-state index in [1.54, 1.807) is 6.07 Å². The highest BCUT2D eigenvalue weighted by molar-refractivity contribution is 5.85. The van der Waals surface area contributed by atoms with Gasteiger partial charge in [-0.3, -0.25) is 4.90 Å². The summed E-state index contributed by atoms with van der Waals surface area (Å²) in [5, 5.41) is 13.5. The Kier molecular flexibility index (Phi) is 8.58. The van der Waals surface area contributed by atoms with Gasteiger partial charge >= 0.3 is 0 Å². The van der Waals surface area contributed by atoms with E-state index in [-0.39, 0.29) is 36.6 Å². The Morgan fingerprint density at radius 2 is 1.83 bits per heavy atom. The number of hydrogen-bond acceptors (Lipinski definition) is 4. The first-order valence-electron chi connectivity index (χ1n) is 7.77. The van der Waals surface area contributed by atoms with Crippen molar-refractivity contribution in [3.05, 3.63) is 29.6 Å². The summed E-state index contributed by atoms with van der Waals surface area (Å²) in [5.41, 5.74) is 0.726. The van der Waals surface area contributed by atoms with Crippen LogP contribution in [0.4, 0.5) is 4.39 Å². The minimum atomic E-state index is -0.528. The Balaban J connectivity index is 0.00000132. The second-order valence-corrected chi connectivity index (χ2v) is 5.86. The molecule has 0 amide bonds. The summed E-state index contributed by atoms with van der Waals surface area (Å²) in [5.74, 6) is -0.309. The minimum Gasteiger partial charge on any atom is -0.505 e. The standard InChI is InChI=1S/C16H23FN2O2.2ClH/c17-14-3-1-2-13(16(14)20)15(12-4-10-21-11-5-12)19-8-6-18-7-9-19;;/h1-3,12,15,18,20H,4-11H2;2*1H/t15-;;/m1../s1. The normalized spacial score (nSPS) is 21.1. The quantitative estimate of drug-likeness (QED) is 0.863. The number of halogens is 3. The Morgan fingerprint density at radius 1 is 1.17 bits per heavy atom. The lowest BCUT2D eigenvalue weighted by atomic mass is 9.85. The van der Waals surface area contributed by atoms with E-state index in [9.17, 15) is 9.50 Å². The average molecular weight is 367 g/mol. The van der Waals surface area contributed by atoms with Crippen molar-refractivity contribution in [1.82, 2.24) is 10.2 Å². The van der Waals surface area contributed by atoms with E-state index in [0.717, 1.165) is 57.8 Å². The predicted octanol–water partition coefficient (Wildman–Crippen LogP) is 2.75. The monoisotopic (exact) mass is 366 g/mol. The van der Waals surface area contributed by atoms with Crippen LogP contribution in [0.3, 0.4) is 0 Å². The van der Waals surface area contributed by atoms with E-state index in [2.05, 4.69) is 10.2 Å². The molecule has 2 aliphatic heterocycles. The van der Waals surface area contributed by atoms with Gasteiger partial charge in [0.15, 0.2) is 11.6 Å². The Hall–Kier alpha value is -0.590. The lowest BCUT2D eigenvalue weighted by Gasteiger charge is -2.41. The first-order valence-corrected chi connectivity index (χ1v) is 7.77. The van der Waals surface area contributed by atoms with Crippen molar-refractivity contribution in [1.29, 1.82) is 0 Å². The van der Waals surface area contributed by atoms with E-state index >= 15 is 0 Å². The van der Waals surface area contributed by atoms with Gasteiger partial charge in [-0.15, -0.1) is 24.8 Å². The summed E-state index contributed by atoms with van der Waals surface area (Å²) in [7, 11) is 0. The zero-order valence-electron chi connectivity index (χ0n) is 13.0. The molecule has 2 heterocycles. The van der Waals surface area contributed by atoms with Crippen molar-refractivity contribution in [2.24, 2.45) is 5.92 Å². The number of aromatic hydroxyl groups is 1. The lowest BCUT2D eigenvalue weighted by molar-refractivity contribution is 0.0205. The van der Waals surface area contributed by atoms with Crippen LogP contribution in [-0.4, -0.2) is 49.4 Å².